The van der Waals surface area contributed by atoms with Gasteiger partial charge >= 0.3 is 0 Å². The number of aryl methyl sites for hydroxylation is 2. The first-order valence-electron chi connectivity index (χ1n) is 9.73. The van der Waals surface area contributed by atoms with Gasteiger partial charge in [-0.05, 0) is 82.0 Å². The maximum atomic E-state index is 13.0. The van der Waals surface area contributed by atoms with Gasteiger partial charge in [-0.25, -0.2) is 0 Å². The van der Waals surface area contributed by atoms with Gasteiger partial charge in [0.05, 0.1) is 11.3 Å². The molecule has 1 amide bonds. The van der Waals surface area contributed by atoms with Gasteiger partial charge in [0.25, 0.3) is 5.91 Å². The lowest BCUT2D eigenvalue weighted by Gasteiger charge is -2.59. The van der Waals surface area contributed by atoms with Crippen molar-refractivity contribution in [1.29, 1.82) is 0 Å². The largest absolute Gasteiger partial charge is 0.349 e. The molecular formula is C20H31N3O. The number of carbonyl (C=O) groups is 1. The Hall–Kier alpha value is -1.32. The van der Waals surface area contributed by atoms with E-state index in [1.807, 2.05) is 25.6 Å². The van der Waals surface area contributed by atoms with Crippen LogP contribution in [-0.4, -0.2) is 21.7 Å². The van der Waals surface area contributed by atoms with E-state index < -0.39 is 0 Å². The van der Waals surface area contributed by atoms with Gasteiger partial charge in [0.2, 0.25) is 0 Å². The lowest BCUT2D eigenvalue weighted by Crippen LogP contribution is -2.56. The maximum absolute atomic E-state index is 13.0. The van der Waals surface area contributed by atoms with Crippen molar-refractivity contribution in [2.24, 2.45) is 30.2 Å². The third kappa shape index (κ3) is 2.41. The molecule has 4 bridgehead atoms. The molecule has 1 atom stereocenters. The van der Waals surface area contributed by atoms with Crippen LogP contribution in [0.3, 0.4) is 0 Å². The number of nitrogens with one attached hydrogen (secondary N) is 1. The summed E-state index contributed by atoms with van der Waals surface area (Å²) < 4.78 is 1.82. The number of nitrogens with zero attached hydrogens (tertiary/aromatic N) is 2. The monoisotopic (exact) mass is 329 g/mol. The third-order valence-electron chi connectivity index (χ3n) is 7.27. The third-order valence-corrected chi connectivity index (χ3v) is 7.27. The number of rotatable bonds is 4. The molecule has 4 aliphatic rings. The zero-order valence-corrected chi connectivity index (χ0v) is 15.6. The fourth-order valence-electron chi connectivity index (χ4n) is 6.63. The van der Waals surface area contributed by atoms with Gasteiger partial charge in [-0.15, -0.1) is 0 Å². The van der Waals surface area contributed by atoms with Crippen LogP contribution in [0, 0.1) is 37.0 Å². The van der Waals surface area contributed by atoms with Crippen molar-refractivity contribution >= 4 is 5.91 Å². The molecule has 0 saturated heterocycles. The molecule has 1 N–H and O–H groups in total. The highest BCUT2D eigenvalue weighted by Gasteiger charge is 2.54. The number of amides is 1. The van der Waals surface area contributed by atoms with Crippen LogP contribution in [0.1, 0.15) is 73.6 Å². The standard InChI is InChI=1S/C20H31N3O/c1-5-17(21-19(24)18-12(2)22-23(4)13(18)3)20-9-14-6-15(10-20)8-16(7-14)11-20/h14-17H,5-11H2,1-4H3,(H,21,24)/t14?,15?,16?,17-,20?/m1/s1. The summed E-state index contributed by atoms with van der Waals surface area (Å²) in [6, 6.07) is 0.317. The molecule has 1 aromatic rings. The summed E-state index contributed by atoms with van der Waals surface area (Å²) in [5, 5.41) is 7.86. The van der Waals surface area contributed by atoms with Crippen LogP contribution in [0.15, 0.2) is 0 Å². The van der Waals surface area contributed by atoms with Crippen molar-refractivity contribution in [2.45, 2.75) is 71.8 Å². The molecular weight excluding hydrogens is 298 g/mol. The molecule has 4 nitrogen and oxygen atoms in total. The van der Waals surface area contributed by atoms with Gasteiger partial charge in [-0.2, -0.15) is 5.10 Å². The Balaban J connectivity index is 1.57. The molecule has 5 rings (SSSR count). The van der Waals surface area contributed by atoms with Crippen LogP contribution in [0.5, 0.6) is 0 Å². The van der Waals surface area contributed by atoms with E-state index in [4.69, 9.17) is 0 Å². The minimum atomic E-state index is 0.0840. The predicted molar refractivity (Wildman–Crippen MR) is 94.8 cm³/mol. The van der Waals surface area contributed by atoms with Crippen LogP contribution in [0.2, 0.25) is 0 Å². The molecule has 1 heterocycles. The van der Waals surface area contributed by atoms with E-state index in [-0.39, 0.29) is 5.91 Å². The van der Waals surface area contributed by atoms with Gasteiger partial charge in [0.1, 0.15) is 0 Å². The molecule has 4 fully saturated rings. The Morgan fingerprint density at radius 1 is 1.21 bits per heavy atom. The zero-order valence-electron chi connectivity index (χ0n) is 15.6. The molecule has 24 heavy (non-hydrogen) atoms. The van der Waals surface area contributed by atoms with E-state index in [1.165, 1.54) is 38.5 Å². The van der Waals surface area contributed by atoms with Gasteiger partial charge in [-0.3, -0.25) is 9.48 Å². The quantitative estimate of drug-likeness (QED) is 0.914. The minimum absolute atomic E-state index is 0.0840. The highest BCUT2D eigenvalue weighted by molar-refractivity contribution is 5.96. The van der Waals surface area contributed by atoms with Gasteiger partial charge in [-0.1, -0.05) is 6.92 Å². The Bertz CT molecular complexity index is 625. The van der Waals surface area contributed by atoms with E-state index in [2.05, 4.69) is 17.3 Å². The Morgan fingerprint density at radius 2 is 1.75 bits per heavy atom. The Labute approximate surface area is 145 Å². The minimum Gasteiger partial charge on any atom is -0.349 e. The summed E-state index contributed by atoms with van der Waals surface area (Å²) in [4.78, 5) is 13.0. The maximum Gasteiger partial charge on any atom is 0.255 e. The molecule has 4 saturated carbocycles. The predicted octanol–water partition coefficient (Wildman–Crippen LogP) is 3.76. The van der Waals surface area contributed by atoms with Crippen LogP contribution in [-0.2, 0) is 7.05 Å². The van der Waals surface area contributed by atoms with E-state index in [0.29, 0.717) is 11.5 Å². The van der Waals surface area contributed by atoms with Crippen molar-refractivity contribution in [3.05, 3.63) is 17.0 Å². The molecule has 1 aromatic heterocycles. The molecule has 4 aliphatic carbocycles. The summed E-state index contributed by atoms with van der Waals surface area (Å²) in [6.07, 6.45) is 9.39. The molecule has 0 spiro atoms. The van der Waals surface area contributed by atoms with Gasteiger partial charge in [0.15, 0.2) is 0 Å². The summed E-state index contributed by atoms with van der Waals surface area (Å²) in [7, 11) is 1.91. The first-order valence-corrected chi connectivity index (χ1v) is 9.73. The van der Waals surface area contributed by atoms with Crippen LogP contribution < -0.4 is 5.32 Å². The van der Waals surface area contributed by atoms with Crippen LogP contribution in [0.25, 0.3) is 0 Å². The number of hydrogen-bond acceptors (Lipinski definition) is 2. The topological polar surface area (TPSA) is 46.9 Å². The normalized spacial score (nSPS) is 35.2. The van der Waals surface area contributed by atoms with E-state index in [9.17, 15) is 4.79 Å². The lowest BCUT2D eigenvalue weighted by molar-refractivity contribution is -0.0727. The highest BCUT2D eigenvalue weighted by atomic mass is 16.1. The second kappa shape index (κ2) is 5.60. The summed E-state index contributed by atoms with van der Waals surface area (Å²) in [6.45, 7) is 6.17. The van der Waals surface area contributed by atoms with Gasteiger partial charge < -0.3 is 5.32 Å². The zero-order chi connectivity index (χ0) is 17.1. The summed E-state index contributed by atoms with van der Waals surface area (Å²) in [5.41, 5.74) is 2.95. The van der Waals surface area contributed by atoms with Gasteiger partial charge in [0, 0.05) is 18.8 Å². The van der Waals surface area contributed by atoms with E-state index in [1.54, 1.807) is 0 Å². The Morgan fingerprint density at radius 3 is 2.17 bits per heavy atom. The molecule has 0 radical (unpaired) electrons. The van der Waals surface area contributed by atoms with Crippen LogP contribution >= 0.6 is 0 Å². The molecule has 0 aromatic carbocycles. The Kier molecular flexibility index (Phi) is 3.77. The molecule has 132 valence electrons. The first-order chi connectivity index (χ1) is 11.4. The smallest absolute Gasteiger partial charge is 0.255 e. The van der Waals surface area contributed by atoms with Crippen LogP contribution in [0.4, 0.5) is 0 Å². The summed E-state index contributed by atoms with van der Waals surface area (Å²) in [5.74, 6) is 2.85. The molecule has 0 aliphatic heterocycles. The first kappa shape index (κ1) is 16.2. The van der Waals surface area contributed by atoms with E-state index >= 15 is 0 Å². The highest BCUT2D eigenvalue weighted by Crippen LogP contribution is 2.61. The average molecular weight is 329 g/mol. The van der Waals surface area contributed by atoms with Crippen molar-refractivity contribution in [3.63, 3.8) is 0 Å². The van der Waals surface area contributed by atoms with Crippen molar-refractivity contribution in [2.75, 3.05) is 0 Å². The van der Waals surface area contributed by atoms with Crippen molar-refractivity contribution < 1.29 is 4.79 Å². The number of carbonyl (C=O) groups excluding carboxylic acids is 1. The SMILES string of the molecule is CC[C@@H](NC(=O)c1c(C)nn(C)c1C)C12CC3CC(CC(C3)C1)C2. The lowest BCUT2D eigenvalue weighted by atomic mass is 9.47. The fraction of sp³-hybridized carbons (Fsp3) is 0.800. The second-order valence-corrected chi connectivity index (χ2v) is 8.88. The fourth-order valence-corrected chi connectivity index (χ4v) is 6.63. The summed E-state index contributed by atoms with van der Waals surface area (Å²) >= 11 is 0. The van der Waals surface area contributed by atoms with Crippen molar-refractivity contribution in [1.82, 2.24) is 15.1 Å². The molecule has 4 heteroatoms. The number of hydrogen-bond donors (Lipinski definition) is 1. The number of aromatic nitrogens is 2. The van der Waals surface area contributed by atoms with E-state index in [0.717, 1.165) is 41.1 Å². The molecule has 0 unspecified atom stereocenters. The van der Waals surface area contributed by atoms with Crippen molar-refractivity contribution in [3.8, 4) is 0 Å². The average Bonchev–Trinajstić information content (AvgIpc) is 2.76. The second-order valence-electron chi connectivity index (χ2n) is 8.88.